The van der Waals surface area contributed by atoms with E-state index in [1.807, 2.05) is 0 Å². The van der Waals surface area contributed by atoms with Crippen molar-refractivity contribution in [1.29, 1.82) is 0 Å². The molecule has 0 saturated carbocycles. The molecule has 0 aliphatic carbocycles. The molecule has 1 aliphatic rings. The van der Waals surface area contributed by atoms with Gasteiger partial charge in [0.05, 0.1) is 7.11 Å². The van der Waals surface area contributed by atoms with Crippen LogP contribution in [0.4, 0.5) is 17.6 Å². The van der Waals surface area contributed by atoms with Gasteiger partial charge in [-0.25, -0.2) is 4.39 Å². The molecule has 1 atom stereocenters. The first-order valence-electron chi connectivity index (χ1n) is 6.28. The Morgan fingerprint density at radius 3 is 2.40 bits per heavy atom. The standard InChI is InChI=1S/C13H16F4N2O/c1-20-9-2-3-10(11(14)8-9)12(13(15,16)17)19-6-4-18-5-7-19/h2-3,8,12,18H,4-7H2,1H3/t12-/m1/s1. The van der Waals surface area contributed by atoms with Gasteiger partial charge < -0.3 is 10.1 Å². The highest BCUT2D eigenvalue weighted by Crippen LogP contribution is 2.39. The zero-order chi connectivity index (χ0) is 14.8. The molecule has 3 nitrogen and oxygen atoms in total. The van der Waals surface area contributed by atoms with Crippen molar-refractivity contribution in [2.75, 3.05) is 33.3 Å². The van der Waals surface area contributed by atoms with Crippen LogP contribution in [0.2, 0.25) is 0 Å². The summed E-state index contributed by atoms with van der Waals surface area (Å²) in [6, 6.07) is 1.56. The van der Waals surface area contributed by atoms with Gasteiger partial charge in [-0.1, -0.05) is 6.07 Å². The molecule has 0 amide bonds. The lowest BCUT2D eigenvalue weighted by Crippen LogP contribution is -2.49. The normalized spacial score (nSPS) is 18.9. The first kappa shape index (κ1) is 15.1. The van der Waals surface area contributed by atoms with Crippen LogP contribution in [0.25, 0.3) is 0 Å². The van der Waals surface area contributed by atoms with Gasteiger partial charge in [0.1, 0.15) is 17.6 Å². The number of alkyl halides is 3. The van der Waals surface area contributed by atoms with Crippen LogP contribution in [0.5, 0.6) is 5.75 Å². The number of hydrogen-bond donors (Lipinski definition) is 1. The number of piperazine rings is 1. The van der Waals surface area contributed by atoms with Gasteiger partial charge >= 0.3 is 6.18 Å². The molecular formula is C13H16F4N2O. The van der Waals surface area contributed by atoms with E-state index in [1.165, 1.54) is 18.1 Å². The summed E-state index contributed by atoms with van der Waals surface area (Å²) in [5, 5.41) is 2.98. The molecule has 0 aromatic heterocycles. The third kappa shape index (κ3) is 3.21. The molecular weight excluding hydrogens is 276 g/mol. The molecule has 1 saturated heterocycles. The van der Waals surface area contributed by atoms with E-state index in [1.54, 1.807) is 0 Å². The van der Waals surface area contributed by atoms with E-state index in [2.05, 4.69) is 5.32 Å². The summed E-state index contributed by atoms with van der Waals surface area (Å²) >= 11 is 0. The van der Waals surface area contributed by atoms with Crippen molar-refractivity contribution in [2.45, 2.75) is 12.2 Å². The molecule has 0 bridgehead atoms. The van der Waals surface area contributed by atoms with Crippen molar-refractivity contribution >= 4 is 0 Å². The highest BCUT2D eigenvalue weighted by atomic mass is 19.4. The molecule has 1 aromatic carbocycles. The molecule has 2 rings (SSSR count). The van der Waals surface area contributed by atoms with E-state index in [9.17, 15) is 17.6 Å². The summed E-state index contributed by atoms with van der Waals surface area (Å²) in [6.45, 7) is 1.39. The second kappa shape index (κ2) is 5.97. The quantitative estimate of drug-likeness (QED) is 0.866. The predicted molar refractivity (Wildman–Crippen MR) is 66.2 cm³/mol. The number of benzene rings is 1. The molecule has 7 heteroatoms. The van der Waals surface area contributed by atoms with Crippen molar-refractivity contribution in [3.63, 3.8) is 0 Å². The second-order valence-electron chi connectivity index (χ2n) is 4.62. The third-order valence-corrected chi connectivity index (χ3v) is 3.33. The molecule has 1 fully saturated rings. The highest BCUT2D eigenvalue weighted by molar-refractivity contribution is 5.31. The van der Waals surface area contributed by atoms with Gasteiger partial charge in [0.15, 0.2) is 0 Å². The van der Waals surface area contributed by atoms with Crippen LogP contribution in [0, 0.1) is 5.82 Å². The van der Waals surface area contributed by atoms with Crippen LogP contribution in [-0.2, 0) is 0 Å². The number of ether oxygens (including phenoxy) is 1. The summed E-state index contributed by atoms with van der Waals surface area (Å²) in [7, 11) is 1.34. The average molecular weight is 292 g/mol. The Bertz CT molecular complexity index is 458. The first-order chi connectivity index (χ1) is 9.43. The van der Waals surface area contributed by atoms with Crippen LogP contribution < -0.4 is 10.1 Å². The maximum absolute atomic E-state index is 14.0. The molecule has 1 aromatic rings. The van der Waals surface area contributed by atoms with Gasteiger partial charge in [-0.3, -0.25) is 4.90 Å². The Balaban J connectivity index is 2.35. The van der Waals surface area contributed by atoms with Crippen molar-refractivity contribution in [3.8, 4) is 5.75 Å². The van der Waals surface area contributed by atoms with Crippen LogP contribution >= 0.6 is 0 Å². The van der Waals surface area contributed by atoms with E-state index in [4.69, 9.17) is 4.74 Å². The van der Waals surface area contributed by atoms with E-state index in [-0.39, 0.29) is 24.4 Å². The molecule has 20 heavy (non-hydrogen) atoms. The maximum atomic E-state index is 14.0. The van der Waals surface area contributed by atoms with Gasteiger partial charge in [-0.2, -0.15) is 13.2 Å². The lowest BCUT2D eigenvalue weighted by Gasteiger charge is -2.36. The van der Waals surface area contributed by atoms with E-state index in [0.717, 1.165) is 12.1 Å². The van der Waals surface area contributed by atoms with Crippen molar-refractivity contribution < 1.29 is 22.3 Å². The number of hydrogen-bond acceptors (Lipinski definition) is 3. The molecule has 1 heterocycles. The SMILES string of the molecule is COc1ccc([C@@H](N2CCNCC2)C(F)(F)F)c(F)c1. The minimum Gasteiger partial charge on any atom is -0.497 e. The van der Waals surface area contributed by atoms with Crippen molar-refractivity contribution in [2.24, 2.45) is 0 Å². The Hall–Kier alpha value is -1.34. The average Bonchev–Trinajstić information content (AvgIpc) is 2.40. The predicted octanol–water partition coefficient (Wildman–Crippen LogP) is 2.34. The fourth-order valence-electron chi connectivity index (χ4n) is 2.38. The highest BCUT2D eigenvalue weighted by Gasteiger charge is 2.46. The fourth-order valence-corrected chi connectivity index (χ4v) is 2.38. The zero-order valence-corrected chi connectivity index (χ0v) is 11.0. The summed E-state index contributed by atoms with van der Waals surface area (Å²) in [6.07, 6.45) is -4.52. The third-order valence-electron chi connectivity index (χ3n) is 3.33. The lowest BCUT2D eigenvalue weighted by atomic mass is 10.0. The Labute approximate surface area is 114 Å². The van der Waals surface area contributed by atoms with Gasteiger partial charge in [0, 0.05) is 37.8 Å². The summed E-state index contributed by atoms with van der Waals surface area (Å²) in [5.41, 5.74) is -0.361. The van der Waals surface area contributed by atoms with Crippen LogP contribution in [0.15, 0.2) is 18.2 Å². The van der Waals surface area contributed by atoms with Crippen LogP contribution in [0.3, 0.4) is 0 Å². The van der Waals surface area contributed by atoms with E-state index < -0.39 is 18.0 Å². The maximum Gasteiger partial charge on any atom is 0.408 e. The minimum atomic E-state index is -4.52. The topological polar surface area (TPSA) is 24.5 Å². The van der Waals surface area contributed by atoms with Gasteiger partial charge in [-0.05, 0) is 6.07 Å². The first-order valence-corrected chi connectivity index (χ1v) is 6.28. The number of nitrogens with zero attached hydrogens (tertiary/aromatic N) is 1. The van der Waals surface area contributed by atoms with Crippen molar-refractivity contribution in [3.05, 3.63) is 29.6 Å². The van der Waals surface area contributed by atoms with E-state index in [0.29, 0.717) is 13.1 Å². The zero-order valence-electron chi connectivity index (χ0n) is 11.0. The monoisotopic (exact) mass is 292 g/mol. The smallest absolute Gasteiger partial charge is 0.408 e. The lowest BCUT2D eigenvalue weighted by molar-refractivity contribution is -0.188. The van der Waals surface area contributed by atoms with E-state index >= 15 is 0 Å². The summed E-state index contributed by atoms with van der Waals surface area (Å²) in [4.78, 5) is 1.25. The Kier molecular flexibility index (Phi) is 4.49. The summed E-state index contributed by atoms with van der Waals surface area (Å²) in [5.74, 6) is -0.697. The second-order valence-corrected chi connectivity index (χ2v) is 4.62. The molecule has 112 valence electrons. The van der Waals surface area contributed by atoms with Crippen LogP contribution in [-0.4, -0.2) is 44.4 Å². The molecule has 0 spiro atoms. The van der Waals surface area contributed by atoms with Gasteiger partial charge in [0.25, 0.3) is 0 Å². The number of methoxy groups -OCH3 is 1. The minimum absolute atomic E-state index is 0.201. The largest absolute Gasteiger partial charge is 0.497 e. The van der Waals surface area contributed by atoms with Gasteiger partial charge in [0.2, 0.25) is 0 Å². The molecule has 1 N–H and O–H groups in total. The fraction of sp³-hybridized carbons (Fsp3) is 0.538. The number of halogens is 4. The molecule has 1 aliphatic heterocycles. The molecule has 0 unspecified atom stereocenters. The van der Waals surface area contributed by atoms with Crippen LogP contribution in [0.1, 0.15) is 11.6 Å². The molecule has 0 radical (unpaired) electrons. The Morgan fingerprint density at radius 2 is 1.90 bits per heavy atom. The number of nitrogens with one attached hydrogen (secondary N) is 1. The Morgan fingerprint density at radius 1 is 1.25 bits per heavy atom. The van der Waals surface area contributed by atoms with Crippen molar-refractivity contribution in [1.82, 2.24) is 10.2 Å². The number of rotatable bonds is 3. The van der Waals surface area contributed by atoms with Gasteiger partial charge in [-0.15, -0.1) is 0 Å². The summed E-state index contributed by atoms with van der Waals surface area (Å²) < 4.78 is 58.6.